The third kappa shape index (κ3) is 5.38. The van der Waals surface area contributed by atoms with E-state index in [-0.39, 0.29) is 22.8 Å². The first-order valence-electron chi connectivity index (χ1n) is 10.2. The Bertz CT molecular complexity index is 1410. The van der Waals surface area contributed by atoms with Crippen LogP contribution in [0.25, 0.3) is 6.08 Å². The maximum Gasteiger partial charge on any atom is 0.416 e. The molecule has 7 nitrogen and oxygen atoms in total. The summed E-state index contributed by atoms with van der Waals surface area (Å²) in [6.45, 7) is -0.241. The van der Waals surface area contributed by atoms with Gasteiger partial charge in [-0.1, -0.05) is 30.3 Å². The number of benzene rings is 3. The molecule has 0 aromatic heterocycles. The van der Waals surface area contributed by atoms with E-state index in [2.05, 4.69) is 0 Å². The second-order valence-electron chi connectivity index (χ2n) is 7.47. The van der Waals surface area contributed by atoms with Crippen LogP contribution in [0, 0.1) is 15.9 Å². The fourth-order valence-corrected chi connectivity index (χ4v) is 4.14. The van der Waals surface area contributed by atoms with Crippen LogP contribution < -0.4 is 4.74 Å². The summed E-state index contributed by atoms with van der Waals surface area (Å²) in [6, 6.07) is 13.5. The zero-order valence-electron chi connectivity index (χ0n) is 18.0. The molecule has 2 amide bonds. The fourth-order valence-electron chi connectivity index (χ4n) is 3.30. The molecular formula is C24H14F4N2O5S. The van der Waals surface area contributed by atoms with Crippen molar-refractivity contribution < 1.29 is 36.8 Å². The average molecular weight is 518 g/mol. The second kappa shape index (κ2) is 9.82. The quantitative estimate of drug-likeness (QED) is 0.155. The zero-order chi connectivity index (χ0) is 26.0. The first-order valence-corrected chi connectivity index (χ1v) is 11.0. The molecule has 3 aromatic rings. The van der Waals surface area contributed by atoms with Gasteiger partial charge in [-0.2, -0.15) is 13.2 Å². The van der Waals surface area contributed by atoms with Crippen molar-refractivity contribution in [2.45, 2.75) is 12.7 Å². The van der Waals surface area contributed by atoms with Crippen molar-refractivity contribution in [3.05, 3.63) is 104 Å². The van der Waals surface area contributed by atoms with E-state index in [0.717, 1.165) is 11.0 Å². The molecule has 1 aliphatic rings. The number of nitrogens with zero attached hydrogens (tertiary/aromatic N) is 2. The van der Waals surface area contributed by atoms with E-state index < -0.39 is 45.1 Å². The van der Waals surface area contributed by atoms with Crippen molar-refractivity contribution in [1.82, 2.24) is 4.90 Å². The highest BCUT2D eigenvalue weighted by molar-refractivity contribution is 8.18. The Morgan fingerprint density at radius 1 is 1.03 bits per heavy atom. The molecule has 4 rings (SSSR count). The third-order valence-corrected chi connectivity index (χ3v) is 5.93. The van der Waals surface area contributed by atoms with Crippen molar-refractivity contribution >= 4 is 34.7 Å². The summed E-state index contributed by atoms with van der Waals surface area (Å²) in [5.74, 6) is -1.53. The number of thioether (sulfide) groups is 1. The van der Waals surface area contributed by atoms with Gasteiger partial charge in [0.25, 0.3) is 11.1 Å². The molecule has 0 unspecified atom stereocenters. The highest BCUT2D eigenvalue weighted by Gasteiger charge is 2.36. The summed E-state index contributed by atoms with van der Waals surface area (Å²) < 4.78 is 58.2. The monoisotopic (exact) mass is 518 g/mol. The Hall–Kier alpha value is -4.19. The minimum Gasteiger partial charge on any atom is -0.450 e. The fraction of sp³-hybridized carbons (Fsp3) is 0.0833. The molecule has 0 atom stereocenters. The van der Waals surface area contributed by atoms with Crippen molar-refractivity contribution in [2.24, 2.45) is 0 Å². The van der Waals surface area contributed by atoms with Crippen LogP contribution in [0.2, 0.25) is 0 Å². The van der Waals surface area contributed by atoms with E-state index in [4.69, 9.17) is 4.74 Å². The van der Waals surface area contributed by atoms with Crippen molar-refractivity contribution in [2.75, 3.05) is 0 Å². The third-order valence-electron chi connectivity index (χ3n) is 5.03. The predicted octanol–water partition coefficient (Wildman–Crippen LogP) is 6.78. The van der Waals surface area contributed by atoms with Crippen LogP contribution in [0.3, 0.4) is 0 Å². The number of rotatable bonds is 6. The van der Waals surface area contributed by atoms with E-state index >= 15 is 0 Å². The number of imide groups is 1. The van der Waals surface area contributed by atoms with Gasteiger partial charge in [-0.25, -0.2) is 4.39 Å². The van der Waals surface area contributed by atoms with Crippen LogP contribution in [-0.4, -0.2) is 21.0 Å². The predicted molar refractivity (Wildman–Crippen MR) is 123 cm³/mol. The first-order chi connectivity index (χ1) is 17.0. The summed E-state index contributed by atoms with van der Waals surface area (Å²) in [4.78, 5) is 36.4. The number of alkyl halides is 3. The molecule has 0 radical (unpaired) electrons. The van der Waals surface area contributed by atoms with Gasteiger partial charge in [0.1, 0.15) is 11.6 Å². The van der Waals surface area contributed by atoms with Gasteiger partial charge in [0.15, 0.2) is 0 Å². The molecule has 0 bridgehead atoms. The van der Waals surface area contributed by atoms with E-state index in [0.29, 0.717) is 29.5 Å². The van der Waals surface area contributed by atoms with Gasteiger partial charge >= 0.3 is 11.9 Å². The van der Waals surface area contributed by atoms with Crippen molar-refractivity contribution in [3.63, 3.8) is 0 Å². The summed E-state index contributed by atoms with van der Waals surface area (Å²) in [7, 11) is 0. The number of nitro groups is 1. The molecule has 1 heterocycles. The molecular weight excluding hydrogens is 504 g/mol. The average Bonchev–Trinajstić information content (AvgIpc) is 3.07. The molecule has 0 aliphatic carbocycles. The van der Waals surface area contributed by atoms with Crippen LogP contribution in [0.5, 0.6) is 11.5 Å². The molecule has 1 fully saturated rings. The maximum atomic E-state index is 13.9. The Balaban J connectivity index is 1.56. The Morgan fingerprint density at radius 3 is 2.47 bits per heavy atom. The molecule has 1 aliphatic heterocycles. The first kappa shape index (κ1) is 24.9. The molecule has 0 spiro atoms. The smallest absolute Gasteiger partial charge is 0.416 e. The largest absolute Gasteiger partial charge is 0.450 e. The topological polar surface area (TPSA) is 89.7 Å². The number of halogens is 4. The normalized spacial score (nSPS) is 15.0. The van der Waals surface area contributed by atoms with E-state index in [1.54, 1.807) is 12.1 Å². The van der Waals surface area contributed by atoms with Crippen LogP contribution in [0.4, 0.5) is 28.0 Å². The standard InChI is InChI=1S/C24H14F4N2O5S/c25-18-7-2-1-5-15(18)13-29-22(31)21(36-23(29)32)11-14-4-3-6-17(10-14)35-20-9-8-16(24(26,27)28)12-19(20)30(33)34/h1-12H,13H2/b21-11+. The molecule has 184 valence electrons. The summed E-state index contributed by atoms with van der Waals surface area (Å²) in [5, 5.41) is 10.7. The number of carbonyl (C=O) groups is 2. The van der Waals surface area contributed by atoms with Gasteiger partial charge in [0.05, 0.1) is 21.9 Å². The highest BCUT2D eigenvalue weighted by Crippen LogP contribution is 2.38. The number of hydrogen-bond donors (Lipinski definition) is 0. The maximum absolute atomic E-state index is 13.9. The number of amides is 2. The van der Waals surface area contributed by atoms with Crippen molar-refractivity contribution in [1.29, 1.82) is 0 Å². The minimum absolute atomic E-state index is 0.0530. The number of carbonyl (C=O) groups excluding carboxylic acids is 2. The number of nitro benzene ring substituents is 1. The Morgan fingerprint density at radius 2 is 1.78 bits per heavy atom. The Kier molecular flexibility index (Phi) is 6.80. The summed E-state index contributed by atoms with van der Waals surface area (Å²) >= 11 is 0.661. The van der Waals surface area contributed by atoms with Gasteiger partial charge in [0, 0.05) is 11.6 Å². The molecule has 36 heavy (non-hydrogen) atoms. The van der Waals surface area contributed by atoms with Crippen molar-refractivity contribution in [3.8, 4) is 11.5 Å². The van der Waals surface area contributed by atoms with Gasteiger partial charge < -0.3 is 4.74 Å². The second-order valence-corrected chi connectivity index (χ2v) is 8.46. The van der Waals surface area contributed by atoms with Crippen LogP contribution in [-0.2, 0) is 17.5 Å². The SMILES string of the molecule is O=C1S/C(=C/c2cccc(Oc3ccc(C(F)(F)F)cc3[N+](=O)[O-])c2)C(=O)N1Cc1ccccc1F. The lowest BCUT2D eigenvalue weighted by Gasteiger charge is -2.12. The molecule has 12 heteroatoms. The lowest BCUT2D eigenvalue weighted by Crippen LogP contribution is -2.27. The van der Waals surface area contributed by atoms with Gasteiger partial charge in [-0.05, 0) is 53.7 Å². The van der Waals surface area contributed by atoms with E-state index in [9.17, 15) is 37.3 Å². The number of hydrogen-bond acceptors (Lipinski definition) is 6. The van der Waals surface area contributed by atoms with Crippen LogP contribution in [0.1, 0.15) is 16.7 Å². The molecule has 1 saturated heterocycles. The zero-order valence-corrected chi connectivity index (χ0v) is 18.8. The van der Waals surface area contributed by atoms with Crippen LogP contribution >= 0.6 is 11.8 Å². The highest BCUT2D eigenvalue weighted by atomic mass is 32.2. The van der Waals surface area contributed by atoms with Gasteiger partial charge in [-0.15, -0.1) is 0 Å². The molecule has 3 aromatic carbocycles. The lowest BCUT2D eigenvalue weighted by molar-refractivity contribution is -0.385. The van der Waals surface area contributed by atoms with E-state index in [1.165, 1.54) is 42.5 Å². The summed E-state index contributed by atoms with van der Waals surface area (Å²) in [5.41, 5.74) is -1.50. The lowest BCUT2D eigenvalue weighted by atomic mass is 10.1. The van der Waals surface area contributed by atoms with Crippen LogP contribution in [0.15, 0.2) is 71.6 Å². The minimum atomic E-state index is -4.77. The molecule has 0 N–H and O–H groups in total. The number of ether oxygens (including phenoxy) is 1. The van der Waals surface area contributed by atoms with Gasteiger partial charge in [0.2, 0.25) is 5.75 Å². The summed E-state index contributed by atoms with van der Waals surface area (Å²) in [6.07, 6.45) is -3.38. The molecule has 0 saturated carbocycles. The Labute approximate surface area is 205 Å². The van der Waals surface area contributed by atoms with Gasteiger partial charge in [-0.3, -0.25) is 24.6 Å². The van der Waals surface area contributed by atoms with E-state index in [1.807, 2.05) is 0 Å².